The van der Waals surface area contributed by atoms with Crippen molar-refractivity contribution < 1.29 is 0 Å². The van der Waals surface area contributed by atoms with Crippen molar-refractivity contribution in [3.05, 3.63) is 188 Å². The van der Waals surface area contributed by atoms with Crippen molar-refractivity contribution in [3.63, 3.8) is 0 Å². The van der Waals surface area contributed by atoms with Crippen molar-refractivity contribution in [2.75, 3.05) is 0 Å². The first-order valence-electron chi connectivity index (χ1n) is 18.2. The van der Waals surface area contributed by atoms with Gasteiger partial charge in [-0.15, -0.1) is 11.3 Å². The summed E-state index contributed by atoms with van der Waals surface area (Å²) < 4.78 is 4.99. The van der Waals surface area contributed by atoms with E-state index in [1.807, 2.05) is 11.3 Å². The number of para-hydroxylation sites is 2. The van der Waals surface area contributed by atoms with Gasteiger partial charge in [0.15, 0.2) is 5.82 Å². The van der Waals surface area contributed by atoms with Crippen molar-refractivity contribution in [1.82, 2.24) is 14.5 Å². The molecule has 0 atom stereocenters. The Bertz CT molecular complexity index is 3210. The predicted molar refractivity (Wildman–Crippen MR) is 229 cm³/mol. The monoisotopic (exact) mass is 705 g/mol. The quantitative estimate of drug-likeness (QED) is 0.178. The number of fused-ring (bicyclic) bond motifs is 7. The molecule has 0 aliphatic carbocycles. The van der Waals surface area contributed by atoms with Crippen LogP contribution in [0, 0.1) is 0 Å². The van der Waals surface area contributed by atoms with Crippen LogP contribution in [0.25, 0.3) is 103 Å². The Balaban J connectivity index is 1.05. The van der Waals surface area contributed by atoms with Gasteiger partial charge in [0.25, 0.3) is 0 Å². The van der Waals surface area contributed by atoms with Crippen LogP contribution in [0.15, 0.2) is 188 Å². The van der Waals surface area contributed by atoms with E-state index in [1.54, 1.807) is 0 Å². The van der Waals surface area contributed by atoms with E-state index in [9.17, 15) is 0 Å². The summed E-state index contributed by atoms with van der Waals surface area (Å²) in [6, 6.07) is 67.3. The molecule has 0 aliphatic heterocycles. The number of hydrogen-bond donors (Lipinski definition) is 0. The number of nitrogens with zero attached hydrogens (tertiary/aromatic N) is 3. The van der Waals surface area contributed by atoms with Crippen molar-refractivity contribution in [2.45, 2.75) is 0 Å². The molecule has 0 saturated carbocycles. The molecular weight excluding hydrogens is 675 g/mol. The maximum atomic E-state index is 5.31. The van der Waals surface area contributed by atoms with E-state index in [4.69, 9.17) is 9.97 Å². The first-order chi connectivity index (χ1) is 26.7. The Hall–Kier alpha value is -6.88. The second-order valence-electron chi connectivity index (χ2n) is 13.8. The Morgan fingerprint density at radius 2 is 0.963 bits per heavy atom. The number of benzene rings is 8. The zero-order chi connectivity index (χ0) is 35.6. The van der Waals surface area contributed by atoms with Gasteiger partial charge in [-0.1, -0.05) is 127 Å². The van der Waals surface area contributed by atoms with E-state index in [1.165, 1.54) is 47.5 Å². The minimum absolute atomic E-state index is 0.715. The molecule has 0 fully saturated rings. The van der Waals surface area contributed by atoms with Gasteiger partial charge in [0.05, 0.1) is 22.2 Å². The Kier molecular flexibility index (Phi) is 7.04. The van der Waals surface area contributed by atoms with E-state index in [-0.39, 0.29) is 0 Å². The van der Waals surface area contributed by atoms with Crippen LogP contribution in [0.3, 0.4) is 0 Å². The van der Waals surface area contributed by atoms with Gasteiger partial charge < -0.3 is 4.57 Å². The molecule has 0 amide bonds. The van der Waals surface area contributed by atoms with Crippen molar-refractivity contribution in [2.24, 2.45) is 0 Å². The number of hydrogen-bond acceptors (Lipinski definition) is 3. The highest BCUT2D eigenvalue weighted by Crippen LogP contribution is 2.39. The maximum absolute atomic E-state index is 5.31. The third-order valence-electron chi connectivity index (χ3n) is 10.6. The second-order valence-corrected chi connectivity index (χ2v) is 14.9. The lowest BCUT2D eigenvalue weighted by atomic mass is 9.98. The highest BCUT2D eigenvalue weighted by molar-refractivity contribution is 7.25. The third kappa shape index (κ3) is 5.03. The average molecular weight is 706 g/mol. The molecule has 252 valence electrons. The maximum Gasteiger partial charge on any atom is 0.160 e. The van der Waals surface area contributed by atoms with Crippen LogP contribution in [-0.4, -0.2) is 14.5 Å². The fourth-order valence-corrected chi connectivity index (χ4v) is 9.09. The van der Waals surface area contributed by atoms with E-state index in [0.29, 0.717) is 5.82 Å². The van der Waals surface area contributed by atoms with Crippen molar-refractivity contribution in [1.29, 1.82) is 0 Å². The van der Waals surface area contributed by atoms with Crippen LogP contribution >= 0.6 is 11.3 Å². The standard InChI is InChI=1S/C50H31N3S/c1-3-12-32(13-4-1)49-43-30-34(36-22-25-40-39-18-7-9-20-45(39)53(46(40)31-36)38-16-5-2-6-17-38)23-26-44(43)51-50(52-49)37-15-11-14-33(28-37)35-24-27-48-42(29-35)41-19-8-10-21-47(41)54-48/h1-31H. The molecule has 8 aromatic carbocycles. The van der Waals surface area contributed by atoms with Crippen LogP contribution in [0.5, 0.6) is 0 Å². The summed E-state index contributed by atoms with van der Waals surface area (Å²) in [6.45, 7) is 0. The SMILES string of the molecule is c1ccc(-c2nc(-c3cccc(-c4ccc5sc6ccccc6c5c4)c3)nc3ccc(-c4ccc5c6ccccc6n(-c6ccccc6)c5c4)cc23)cc1. The molecule has 3 heterocycles. The summed E-state index contributed by atoms with van der Waals surface area (Å²) in [5, 5.41) is 6.11. The number of thiophene rings is 1. The molecule has 4 heteroatoms. The van der Waals surface area contributed by atoms with Crippen LogP contribution in [0.1, 0.15) is 0 Å². The lowest BCUT2D eigenvalue weighted by Gasteiger charge is -2.13. The Morgan fingerprint density at radius 3 is 1.83 bits per heavy atom. The van der Waals surface area contributed by atoms with Gasteiger partial charge in [-0.2, -0.15) is 0 Å². The van der Waals surface area contributed by atoms with Crippen LogP contribution < -0.4 is 0 Å². The summed E-state index contributed by atoms with van der Waals surface area (Å²) in [5.41, 5.74) is 12.0. The lowest BCUT2D eigenvalue weighted by molar-refractivity contribution is 1.18. The normalized spacial score (nSPS) is 11.7. The topological polar surface area (TPSA) is 30.7 Å². The zero-order valence-corrected chi connectivity index (χ0v) is 30.0. The predicted octanol–water partition coefficient (Wildman–Crippen LogP) is 13.8. The summed E-state index contributed by atoms with van der Waals surface area (Å²) in [5.74, 6) is 0.715. The molecule has 0 saturated heterocycles. The number of aromatic nitrogens is 3. The van der Waals surface area contributed by atoms with Gasteiger partial charge in [0.1, 0.15) is 0 Å². The fraction of sp³-hybridized carbons (Fsp3) is 0. The van der Waals surface area contributed by atoms with Crippen LogP contribution in [0.2, 0.25) is 0 Å². The smallest absolute Gasteiger partial charge is 0.160 e. The summed E-state index contributed by atoms with van der Waals surface area (Å²) in [4.78, 5) is 10.5. The van der Waals surface area contributed by atoms with Crippen LogP contribution in [-0.2, 0) is 0 Å². The van der Waals surface area contributed by atoms with Gasteiger partial charge in [-0.05, 0) is 82.9 Å². The van der Waals surface area contributed by atoms with Crippen molar-refractivity contribution >= 4 is 64.2 Å². The van der Waals surface area contributed by atoms with Gasteiger partial charge in [0.2, 0.25) is 0 Å². The average Bonchev–Trinajstić information content (AvgIpc) is 3.79. The minimum atomic E-state index is 0.715. The minimum Gasteiger partial charge on any atom is -0.309 e. The summed E-state index contributed by atoms with van der Waals surface area (Å²) in [6.07, 6.45) is 0. The summed E-state index contributed by atoms with van der Waals surface area (Å²) in [7, 11) is 0. The van der Waals surface area contributed by atoms with Crippen LogP contribution in [0.4, 0.5) is 0 Å². The highest BCUT2D eigenvalue weighted by atomic mass is 32.1. The summed E-state index contributed by atoms with van der Waals surface area (Å²) >= 11 is 1.85. The van der Waals surface area contributed by atoms with Gasteiger partial charge >= 0.3 is 0 Å². The van der Waals surface area contributed by atoms with Gasteiger partial charge in [-0.25, -0.2) is 9.97 Å². The molecule has 54 heavy (non-hydrogen) atoms. The van der Waals surface area contributed by atoms with Gasteiger partial charge in [0, 0.05) is 53.1 Å². The zero-order valence-electron chi connectivity index (χ0n) is 29.1. The van der Waals surface area contributed by atoms with E-state index in [0.717, 1.165) is 50.1 Å². The van der Waals surface area contributed by atoms with E-state index < -0.39 is 0 Å². The molecular formula is C50H31N3S. The number of rotatable bonds is 5. The molecule has 0 N–H and O–H groups in total. The molecule has 0 aliphatic rings. The molecule has 0 bridgehead atoms. The van der Waals surface area contributed by atoms with Gasteiger partial charge in [-0.3, -0.25) is 0 Å². The molecule has 0 radical (unpaired) electrons. The lowest BCUT2D eigenvalue weighted by Crippen LogP contribution is -1.96. The molecule has 3 nitrogen and oxygen atoms in total. The largest absolute Gasteiger partial charge is 0.309 e. The first kappa shape index (κ1) is 30.7. The molecule has 3 aromatic heterocycles. The molecule has 11 rings (SSSR count). The molecule has 0 unspecified atom stereocenters. The molecule has 11 aromatic rings. The Morgan fingerprint density at radius 1 is 0.352 bits per heavy atom. The second kappa shape index (κ2) is 12.4. The highest BCUT2D eigenvalue weighted by Gasteiger charge is 2.16. The van der Waals surface area contributed by atoms with Crippen molar-refractivity contribution in [3.8, 4) is 50.6 Å². The Labute approximate surface area is 316 Å². The van der Waals surface area contributed by atoms with E-state index >= 15 is 0 Å². The first-order valence-corrected chi connectivity index (χ1v) is 19.1. The molecule has 0 spiro atoms. The fourth-order valence-electron chi connectivity index (χ4n) is 8.00. The third-order valence-corrected chi connectivity index (χ3v) is 11.7. The van der Waals surface area contributed by atoms with E-state index in [2.05, 4.69) is 193 Å².